The number of likely N-dealkylation sites (tertiary alicyclic amines) is 1. The summed E-state index contributed by atoms with van der Waals surface area (Å²) in [4.78, 5) is 15.1. The van der Waals surface area contributed by atoms with Crippen LogP contribution in [0.5, 0.6) is 0 Å². The van der Waals surface area contributed by atoms with Crippen LogP contribution in [-0.2, 0) is 0 Å². The molecule has 0 N–H and O–H groups in total. The number of non-ortho nitro benzene ring substituents is 1. The molecule has 1 aromatic carbocycles. The summed E-state index contributed by atoms with van der Waals surface area (Å²) in [5.74, 6) is 0. The van der Waals surface area contributed by atoms with Gasteiger partial charge in [0.05, 0.1) is 20.7 Å². The van der Waals surface area contributed by atoms with E-state index in [-0.39, 0.29) is 5.69 Å². The first-order valence-corrected chi connectivity index (χ1v) is 8.44. The van der Waals surface area contributed by atoms with Crippen molar-refractivity contribution in [3.8, 4) is 0 Å². The van der Waals surface area contributed by atoms with Crippen LogP contribution in [0.15, 0.2) is 12.1 Å². The molecule has 1 aromatic rings. The number of halogens is 2. The summed E-state index contributed by atoms with van der Waals surface area (Å²) in [6.07, 6.45) is 4.79. The second-order valence-corrected chi connectivity index (χ2v) is 6.79. The maximum Gasteiger partial charge on any atom is 0.272 e. The molecule has 0 unspecified atom stereocenters. The van der Waals surface area contributed by atoms with Crippen LogP contribution in [-0.4, -0.2) is 42.0 Å². The number of rotatable bonds is 3. The molecule has 2 aliphatic heterocycles. The lowest BCUT2D eigenvalue weighted by Gasteiger charge is -2.38. The Kier molecular flexibility index (Phi) is 4.76. The van der Waals surface area contributed by atoms with Gasteiger partial charge in [0.25, 0.3) is 5.69 Å². The highest BCUT2D eigenvalue weighted by Crippen LogP contribution is 2.39. The maximum atomic E-state index is 10.9. The van der Waals surface area contributed by atoms with Crippen molar-refractivity contribution in [2.75, 3.05) is 31.1 Å². The zero-order chi connectivity index (χ0) is 15.7. The minimum atomic E-state index is -0.471. The molecule has 0 radical (unpaired) electrons. The topological polar surface area (TPSA) is 49.6 Å². The van der Waals surface area contributed by atoms with Crippen LogP contribution in [0.1, 0.15) is 25.7 Å². The van der Waals surface area contributed by atoms with Crippen molar-refractivity contribution >= 4 is 34.6 Å². The van der Waals surface area contributed by atoms with E-state index in [4.69, 9.17) is 23.2 Å². The molecule has 22 heavy (non-hydrogen) atoms. The summed E-state index contributed by atoms with van der Waals surface area (Å²) in [5.41, 5.74) is 0.666. The molecule has 0 bridgehead atoms. The van der Waals surface area contributed by atoms with Gasteiger partial charge in [-0.25, -0.2) is 0 Å². The fourth-order valence-corrected chi connectivity index (χ4v) is 4.24. The highest BCUT2D eigenvalue weighted by molar-refractivity contribution is 6.39. The monoisotopic (exact) mass is 343 g/mol. The van der Waals surface area contributed by atoms with Crippen molar-refractivity contribution < 1.29 is 4.92 Å². The minimum Gasteiger partial charge on any atom is -0.369 e. The second kappa shape index (κ2) is 6.60. The van der Waals surface area contributed by atoms with Crippen molar-refractivity contribution in [1.82, 2.24) is 4.90 Å². The lowest BCUT2D eigenvalue weighted by molar-refractivity contribution is -0.384. The number of piperidine rings is 1. The summed E-state index contributed by atoms with van der Waals surface area (Å²) in [5, 5.41) is 11.6. The Bertz CT molecular complexity index is 545. The first-order valence-electron chi connectivity index (χ1n) is 7.68. The van der Waals surface area contributed by atoms with Gasteiger partial charge >= 0.3 is 0 Å². The van der Waals surface area contributed by atoms with Crippen LogP contribution in [0.4, 0.5) is 11.4 Å². The van der Waals surface area contributed by atoms with Gasteiger partial charge in [-0.3, -0.25) is 10.1 Å². The number of benzene rings is 1. The lowest BCUT2D eigenvalue weighted by Crippen LogP contribution is -2.44. The van der Waals surface area contributed by atoms with Crippen molar-refractivity contribution in [2.24, 2.45) is 0 Å². The van der Waals surface area contributed by atoms with Gasteiger partial charge in [-0.1, -0.05) is 23.2 Å². The SMILES string of the molecule is O=[N+]([O-])c1cc(Cl)c(N2CCC(N3CCCC3)CC2)c(Cl)c1. The summed E-state index contributed by atoms with van der Waals surface area (Å²) < 4.78 is 0. The number of nitro benzene ring substituents is 1. The van der Waals surface area contributed by atoms with Gasteiger partial charge in [-0.05, 0) is 38.8 Å². The van der Waals surface area contributed by atoms with Gasteiger partial charge in [0.2, 0.25) is 0 Å². The molecule has 7 heteroatoms. The molecular formula is C15H19Cl2N3O2. The molecule has 0 aliphatic carbocycles. The van der Waals surface area contributed by atoms with Crippen molar-refractivity contribution in [3.63, 3.8) is 0 Å². The average Bonchev–Trinajstić information content (AvgIpc) is 3.01. The summed E-state index contributed by atoms with van der Waals surface area (Å²) in [6, 6.07) is 3.42. The van der Waals surface area contributed by atoms with E-state index in [1.54, 1.807) is 0 Å². The van der Waals surface area contributed by atoms with Crippen LogP contribution in [0.25, 0.3) is 0 Å². The number of nitro groups is 1. The van der Waals surface area contributed by atoms with E-state index in [1.807, 2.05) is 0 Å². The molecule has 0 aromatic heterocycles. The van der Waals surface area contributed by atoms with E-state index >= 15 is 0 Å². The zero-order valence-corrected chi connectivity index (χ0v) is 13.8. The average molecular weight is 344 g/mol. The van der Waals surface area contributed by atoms with Crippen molar-refractivity contribution in [3.05, 3.63) is 32.3 Å². The minimum absolute atomic E-state index is 0.0642. The lowest BCUT2D eigenvalue weighted by atomic mass is 10.0. The molecule has 5 nitrogen and oxygen atoms in total. The molecule has 2 aliphatic rings. The molecule has 0 spiro atoms. The molecule has 2 fully saturated rings. The van der Waals surface area contributed by atoms with Gasteiger partial charge in [0, 0.05) is 31.3 Å². The molecule has 2 saturated heterocycles. The molecular weight excluding hydrogens is 325 g/mol. The highest BCUT2D eigenvalue weighted by atomic mass is 35.5. The molecule has 3 rings (SSSR count). The number of hydrogen-bond donors (Lipinski definition) is 0. The van der Waals surface area contributed by atoms with Crippen molar-refractivity contribution in [1.29, 1.82) is 0 Å². The Morgan fingerprint density at radius 1 is 1.05 bits per heavy atom. The van der Waals surface area contributed by atoms with Crippen LogP contribution in [0.2, 0.25) is 10.0 Å². The van der Waals surface area contributed by atoms with E-state index in [9.17, 15) is 10.1 Å². The number of hydrogen-bond acceptors (Lipinski definition) is 4. The molecule has 2 heterocycles. The van der Waals surface area contributed by atoms with Crippen LogP contribution in [0, 0.1) is 10.1 Å². The first-order chi connectivity index (χ1) is 10.6. The Hall–Kier alpha value is -1.04. The number of nitrogens with zero attached hydrogens (tertiary/aromatic N) is 3. The van der Waals surface area contributed by atoms with E-state index in [1.165, 1.54) is 38.1 Å². The van der Waals surface area contributed by atoms with Gasteiger partial charge in [-0.15, -0.1) is 0 Å². The maximum absolute atomic E-state index is 10.9. The molecule has 0 amide bonds. The predicted molar refractivity (Wildman–Crippen MR) is 89.2 cm³/mol. The Labute approximate surface area is 139 Å². The smallest absolute Gasteiger partial charge is 0.272 e. The zero-order valence-electron chi connectivity index (χ0n) is 12.3. The standard InChI is InChI=1S/C15H19Cl2N3O2/c16-13-9-12(20(21)22)10-14(17)15(13)19-7-3-11(4-8-19)18-5-1-2-6-18/h9-11H,1-8H2. The molecule has 0 atom stereocenters. The van der Waals surface area contributed by atoms with Gasteiger partial charge in [0.1, 0.15) is 0 Å². The van der Waals surface area contributed by atoms with Crippen LogP contribution in [0.3, 0.4) is 0 Å². The Morgan fingerprint density at radius 2 is 1.59 bits per heavy atom. The van der Waals surface area contributed by atoms with E-state index < -0.39 is 4.92 Å². The van der Waals surface area contributed by atoms with Crippen molar-refractivity contribution in [2.45, 2.75) is 31.7 Å². The predicted octanol–water partition coefficient (Wildman–Crippen LogP) is 3.97. The quantitative estimate of drug-likeness (QED) is 0.615. The van der Waals surface area contributed by atoms with Crippen LogP contribution >= 0.6 is 23.2 Å². The fraction of sp³-hybridized carbons (Fsp3) is 0.600. The normalized spacial score (nSPS) is 20.5. The third-order valence-electron chi connectivity index (χ3n) is 4.65. The second-order valence-electron chi connectivity index (χ2n) is 5.98. The first kappa shape index (κ1) is 15.8. The third-order valence-corrected chi connectivity index (χ3v) is 5.23. The Balaban J connectivity index is 1.72. The summed E-state index contributed by atoms with van der Waals surface area (Å²) in [7, 11) is 0. The number of anilines is 1. The Morgan fingerprint density at radius 3 is 2.09 bits per heavy atom. The fourth-order valence-electron chi connectivity index (χ4n) is 3.52. The summed E-state index contributed by atoms with van der Waals surface area (Å²) >= 11 is 12.5. The van der Waals surface area contributed by atoms with Crippen LogP contribution < -0.4 is 4.90 Å². The summed E-state index contributed by atoms with van der Waals surface area (Å²) in [6.45, 7) is 4.20. The molecule has 0 saturated carbocycles. The largest absolute Gasteiger partial charge is 0.369 e. The third kappa shape index (κ3) is 3.16. The van der Waals surface area contributed by atoms with Gasteiger partial charge in [0.15, 0.2) is 0 Å². The van der Waals surface area contributed by atoms with E-state index in [2.05, 4.69) is 9.80 Å². The molecule has 120 valence electrons. The van der Waals surface area contributed by atoms with Gasteiger partial charge in [-0.2, -0.15) is 0 Å². The van der Waals surface area contributed by atoms with E-state index in [0.717, 1.165) is 31.6 Å². The van der Waals surface area contributed by atoms with Gasteiger partial charge < -0.3 is 9.80 Å². The highest BCUT2D eigenvalue weighted by Gasteiger charge is 2.28. The van der Waals surface area contributed by atoms with E-state index in [0.29, 0.717) is 16.1 Å².